The minimum Gasteiger partial charge on any atom is -0.496 e. The zero-order valence-electron chi connectivity index (χ0n) is 11.3. The van der Waals surface area contributed by atoms with Crippen LogP contribution in [0.2, 0.25) is 0 Å². The number of aromatic nitrogens is 2. The van der Waals surface area contributed by atoms with Crippen LogP contribution < -0.4 is 10.5 Å². The first-order chi connectivity index (χ1) is 9.06. The Labute approximate surface area is 111 Å². The Bertz CT molecular complexity index is 578. The van der Waals surface area contributed by atoms with Crippen molar-refractivity contribution in [2.45, 2.75) is 26.3 Å². The molecule has 0 radical (unpaired) electrons. The molecule has 0 aliphatic rings. The molecule has 4 nitrogen and oxygen atoms in total. The fourth-order valence-corrected chi connectivity index (χ4v) is 1.94. The molecule has 0 atom stereocenters. The minimum atomic E-state index is -0.326. The van der Waals surface area contributed by atoms with E-state index in [0.717, 1.165) is 11.5 Å². The standard InChI is InChI=1S/C14H18FN3O/c1-8(2)14-17-11(7-16)13(18-14)10-6-9(15)4-5-12(10)19-3/h4-6,8H,7,16H2,1-3H3,(H,17,18). The van der Waals surface area contributed by atoms with Gasteiger partial charge >= 0.3 is 0 Å². The predicted octanol–water partition coefficient (Wildman–Crippen LogP) is 2.81. The molecule has 0 unspecified atom stereocenters. The highest BCUT2D eigenvalue weighted by molar-refractivity contribution is 5.69. The summed E-state index contributed by atoms with van der Waals surface area (Å²) in [4.78, 5) is 7.70. The van der Waals surface area contributed by atoms with Gasteiger partial charge in [0, 0.05) is 18.0 Å². The molecular weight excluding hydrogens is 245 g/mol. The number of nitrogens with one attached hydrogen (secondary N) is 1. The second kappa shape index (κ2) is 5.40. The lowest BCUT2D eigenvalue weighted by Crippen LogP contribution is -2.00. The van der Waals surface area contributed by atoms with E-state index < -0.39 is 0 Å². The van der Waals surface area contributed by atoms with Crippen LogP contribution in [0.4, 0.5) is 4.39 Å². The topological polar surface area (TPSA) is 63.9 Å². The van der Waals surface area contributed by atoms with Crippen LogP contribution in [0.3, 0.4) is 0 Å². The molecule has 19 heavy (non-hydrogen) atoms. The monoisotopic (exact) mass is 263 g/mol. The molecule has 0 aliphatic heterocycles. The van der Waals surface area contributed by atoms with Crippen molar-refractivity contribution in [1.82, 2.24) is 9.97 Å². The number of benzene rings is 1. The molecule has 2 aromatic rings. The fourth-order valence-electron chi connectivity index (χ4n) is 1.94. The molecule has 1 aromatic heterocycles. The number of methoxy groups -OCH3 is 1. The number of nitrogens with two attached hydrogens (primary N) is 1. The van der Waals surface area contributed by atoms with Crippen molar-refractivity contribution >= 4 is 0 Å². The van der Waals surface area contributed by atoms with Crippen LogP contribution in [-0.4, -0.2) is 17.1 Å². The lowest BCUT2D eigenvalue weighted by atomic mass is 10.1. The fraction of sp³-hybridized carbons (Fsp3) is 0.357. The van der Waals surface area contributed by atoms with Gasteiger partial charge < -0.3 is 15.5 Å². The molecule has 1 heterocycles. The van der Waals surface area contributed by atoms with Gasteiger partial charge in [-0.3, -0.25) is 0 Å². The number of rotatable bonds is 4. The number of H-pyrrole nitrogens is 1. The van der Waals surface area contributed by atoms with E-state index in [-0.39, 0.29) is 11.7 Å². The summed E-state index contributed by atoms with van der Waals surface area (Å²) in [5.41, 5.74) is 7.78. The third-order valence-electron chi connectivity index (χ3n) is 2.96. The number of aromatic amines is 1. The highest BCUT2D eigenvalue weighted by Crippen LogP contribution is 2.32. The summed E-state index contributed by atoms with van der Waals surface area (Å²) in [5.74, 6) is 1.34. The molecule has 0 saturated heterocycles. The van der Waals surface area contributed by atoms with Gasteiger partial charge in [-0.05, 0) is 18.2 Å². The van der Waals surface area contributed by atoms with Gasteiger partial charge in [-0.25, -0.2) is 9.37 Å². The first-order valence-electron chi connectivity index (χ1n) is 6.19. The summed E-state index contributed by atoms with van der Waals surface area (Å²) in [6, 6.07) is 4.37. The smallest absolute Gasteiger partial charge is 0.128 e. The number of imidazole rings is 1. The lowest BCUT2D eigenvalue weighted by Gasteiger charge is -2.07. The van der Waals surface area contributed by atoms with E-state index in [4.69, 9.17) is 10.5 Å². The number of halogens is 1. The lowest BCUT2D eigenvalue weighted by molar-refractivity contribution is 0.415. The minimum absolute atomic E-state index is 0.249. The van der Waals surface area contributed by atoms with E-state index in [0.29, 0.717) is 23.6 Å². The van der Waals surface area contributed by atoms with E-state index in [1.54, 1.807) is 13.2 Å². The van der Waals surface area contributed by atoms with Crippen LogP contribution in [0, 0.1) is 5.82 Å². The summed E-state index contributed by atoms with van der Waals surface area (Å²) in [6.07, 6.45) is 0. The van der Waals surface area contributed by atoms with E-state index in [2.05, 4.69) is 9.97 Å². The third-order valence-corrected chi connectivity index (χ3v) is 2.96. The van der Waals surface area contributed by atoms with Gasteiger partial charge in [0.15, 0.2) is 0 Å². The number of hydrogen-bond acceptors (Lipinski definition) is 3. The molecule has 0 amide bonds. The van der Waals surface area contributed by atoms with Gasteiger partial charge in [0.2, 0.25) is 0 Å². The van der Waals surface area contributed by atoms with E-state index in [1.807, 2.05) is 13.8 Å². The van der Waals surface area contributed by atoms with Crippen molar-refractivity contribution in [3.63, 3.8) is 0 Å². The van der Waals surface area contributed by atoms with Gasteiger partial charge in [-0.1, -0.05) is 13.8 Å². The van der Waals surface area contributed by atoms with Crippen molar-refractivity contribution < 1.29 is 9.13 Å². The van der Waals surface area contributed by atoms with Crippen molar-refractivity contribution in [3.8, 4) is 17.0 Å². The maximum absolute atomic E-state index is 13.4. The van der Waals surface area contributed by atoms with Crippen molar-refractivity contribution in [3.05, 3.63) is 35.5 Å². The van der Waals surface area contributed by atoms with E-state index in [1.165, 1.54) is 12.1 Å². The zero-order chi connectivity index (χ0) is 14.0. The normalized spacial score (nSPS) is 11.1. The van der Waals surface area contributed by atoms with Gasteiger partial charge in [0.1, 0.15) is 17.4 Å². The average Bonchev–Trinajstić information content (AvgIpc) is 2.82. The van der Waals surface area contributed by atoms with Crippen molar-refractivity contribution in [2.24, 2.45) is 5.73 Å². The molecule has 0 bridgehead atoms. The Balaban J connectivity index is 2.60. The summed E-state index contributed by atoms with van der Waals surface area (Å²) in [6.45, 7) is 4.38. The quantitative estimate of drug-likeness (QED) is 0.891. The highest BCUT2D eigenvalue weighted by atomic mass is 19.1. The van der Waals surface area contributed by atoms with Gasteiger partial charge in [0.25, 0.3) is 0 Å². The van der Waals surface area contributed by atoms with Gasteiger partial charge in [0.05, 0.1) is 18.5 Å². The maximum Gasteiger partial charge on any atom is 0.128 e. The largest absolute Gasteiger partial charge is 0.496 e. The average molecular weight is 263 g/mol. The van der Waals surface area contributed by atoms with Gasteiger partial charge in [-0.15, -0.1) is 0 Å². The molecule has 0 saturated carbocycles. The first kappa shape index (κ1) is 13.5. The first-order valence-corrected chi connectivity index (χ1v) is 6.19. The van der Waals surface area contributed by atoms with E-state index >= 15 is 0 Å². The van der Waals surface area contributed by atoms with Crippen LogP contribution in [0.1, 0.15) is 31.3 Å². The highest BCUT2D eigenvalue weighted by Gasteiger charge is 2.17. The van der Waals surface area contributed by atoms with Gasteiger partial charge in [-0.2, -0.15) is 0 Å². The third kappa shape index (κ3) is 2.61. The molecule has 2 rings (SSSR count). The SMILES string of the molecule is COc1ccc(F)cc1-c1nc(C(C)C)[nH]c1CN. The molecule has 0 spiro atoms. The van der Waals surface area contributed by atoms with E-state index in [9.17, 15) is 4.39 Å². The van der Waals surface area contributed by atoms with Crippen LogP contribution in [0.25, 0.3) is 11.3 Å². The van der Waals surface area contributed by atoms with Crippen molar-refractivity contribution in [1.29, 1.82) is 0 Å². The number of nitrogens with zero attached hydrogens (tertiary/aromatic N) is 1. The van der Waals surface area contributed by atoms with Crippen molar-refractivity contribution in [2.75, 3.05) is 7.11 Å². The summed E-state index contributed by atoms with van der Waals surface area (Å²) >= 11 is 0. The predicted molar refractivity (Wildman–Crippen MR) is 72.5 cm³/mol. The Morgan fingerprint density at radius 3 is 2.74 bits per heavy atom. The Morgan fingerprint density at radius 2 is 2.16 bits per heavy atom. The molecule has 102 valence electrons. The van der Waals surface area contributed by atoms with Crippen LogP contribution >= 0.6 is 0 Å². The second-order valence-electron chi connectivity index (χ2n) is 4.65. The Kier molecular flexibility index (Phi) is 3.85. The second-order valence-corrected chi connectivity index (χ2v) is 4.65. The van der Waals surface area contributed by atoms with Crippen LogP contribution in [0.15, 0.2) is 18.2 Å². The van der Waals surface area contributed by atoms with Crippen LogP contribution in [0.5, 0.6) is 5.75 Å². The summed E-state index contributed by atoms with van der Waals surface area (Å²) < 4.78 is 18.7. The summed E-state index contributed by atoms with van der Waals surface area (Å²) in [7, 11) is 1.55. The zero-order valence-corrected chi connectivity index (χ0v) is 11.3. The molecule has 1 aromatic carbocycles. The molecular formula is C14H18FN3O. The van der Waals surface area contributed by atoms with Crippen LogP contribution in [-0.2, 0) is 6.54 Å². The molecule has 3 N–H and O–H groups in total. The number of ether oxygens (including phenoxy) is 1. The summed E-state index contributed by atoms with van der Waals surface area (Å²) in [5, 5.41) is 0. The molecule has 0 aliphatic carbocycles. The molecule has 5 heteroatoms. The Morgan fingerprint density at radius 1 is 1.42 bits per heavy atom. The maximum atomic E-state index is 13.4. The Hall–Kier alpha value is -1.88. The number of hydrogen-bond donors (Lipinski definition) is 2. The molecule has 0 fully saturated rings.